The number of nitrogens with zero attached hydrogens (tertiary/aromatic N) is 1. The van der Waals surface area contributed by atoms with Crippen LogP contribution < -0.4 is 10.2 Å². The maximum absolute atomic E-state index is 6.04. The van der Waals surface area contributed by atoms with Gasteiger partial charge in [0.15, 0.2) is 0 Å². The molecule has 21 heavy (non-hydrogen) atoms. The number of pyridine rings is 1. The van der Waals surface area contributed by atoms with E-state index in [4.69, 9.17) is 14.0 Å². The van der Waals surface area contributed by atoms with E-state index >= 15 is 0 Å². The second kappa shape index (κ2) is 5.62. The second-order valence-corrected chi connectivity index (χ2v) is 7.18. The molecule has 0 aliphatic carbocycles. The molecule has 1 saturated heterocycles. The lowest BCUT2D eigenvalue weighted by atomic mass is 9.80. The highest BCUT2D eigenvalue weighted by Gasteiger charge is 2.51. The Morgan fingerprint density at radius 2 is 1.76 bits per heavy atom. The van der Waals surface area contributed by atoms with E-state index in [-0.39, 0.29) is 18.3 Å². The van der Waals surface area contributed by atoms with Crippen LogP contribution in [0.1, 0.15) is 47.1 Å². The third-order valence-corrected chi connectivity index (χ3v) is 4.13. The smallest absolute Gasteiger partial charge is 0.477 e. The summed E-state index contributed by atoms with van der Waals surface area (Å²) < 4.78 is 17.8. The first-order chi connectivity index (χ1) is 9.62. The van der Waals surface area contributed by atoms with Gasteiger partial charge in [0.25, 0.3) is 0 Å². The van der Waals surface area contributed by atoms with E-state index in [2.05, 4.69) is 18.8 Å². The van der Waals surface area contributed by atoms with Crippen molar-refractivity contribution in [1.82, 2.24) is 4.98 Å². The van der Waals surface area contributed by atoms with E-state index in [1.807, 2.05) is 40.7 Å². The van der Waals surface area contributed by atoms with Gasteiger partial charge >= 0.3 is 7.12 Å². The molecule has 0 unspecified atom stereocenters. The van der Waals surface area contributed by atoms with Gasteiger partial charge in [-0.25, -0.2) is 4.98 Å². The van der Waals surface area contributed by atoms with Crippen molar-refractivity contribution in [3.05, 3.63) is 17.8 Å². The Morgan fingerprint density at radius 3 is 2.24 bits per heavy atom. The summed E-state index contributed by atoms with van der Waals surface area (Å²) in [5, 5.41) is 0. The standard InChI is InChI=1S/C16H26BNO3/c1-11(2)10-19-14-12(3)8-13(9-18-14)17-20-15(4,5)16(6,7)21-17/h8-9,11H,10H2,1-7H3. The van der Waals surface area contributed by atoms with Gasteiger partial charge in [-0.15, -0.1) is 0 Å². The Balaban J connectivity index is 2.14. The van der Waals surface area contributed by atoms with Gasteiger partial charge in [-0.05, 0) is 40.5 Å². The molecular formula is C16H26BNO3. The van der Waals surface area contributed by atoms with E-state index in [9.17, 15) is 0 Å². The molecule has 2 rings (SSSR count). The Hall–Kier alpha value is -1.07. The summed E-state index contributed by atoms with van der Waals surface area (Å²) >= 11 is 0. The summed E-state index contributed by atoms with van der Waals surface area (Å²) in [6.45, 7) is 15.1. The van der Waals surface area contributed by atoms with Gasteiger partial charge in [0.1, 0.15) is 0 Å². The molecule has 1 fully saturated rings. The fraction of sp³-hybridized carbons (Fsp3) is 0.688. The summed E-state index contributed by atoms with van der Waals surface area (Å²) in [7, 11) is -0.375. The number of hydrogen-bond donors (Lipinski definition) is 0. The van der Waals surface area contributed by atoms with Gasteiger partial charge in [-0.2, -0.15) is 0 Å². The van der Waals surface area contributed by atoms with E-state index in [0.29, 0.717) is 18.4 Å². The molecule has 0 bridgehead atoms. The number of ether oxygens (including phenoxy) is 1. The van der Waals surface area contributed by atoms with Gasteiger partial charge in [-0.1, -0.05) is 19.9 Å². The summed E-state index contributed by atoms with van der Waals surface area (Å²) in [4.78, 5) is 4.41. The van der Waals surface area contributed by atoms with Crippen LogP contribution in [0.5, 0.6) is 5.88 Å². The van der Waals surface area contributed by atoms with E-state index in [1.54, 1.807) is 6.20 Å². The summed E-state index contributed by atoms with van der Waals surface area (Å²) in [5.74, 6) is 1.16. The normalized spacial score (nSPS) is 20.1. The molecule has 0 saturated carbocycles. The Kier molecular flexibility index (Phi) is 4.36. The summed E-state index contributed by atoms with van der Waals surface area (Å²) in [6.07, 6.45) is 1.78. The van der Waals surface area contributed by atoms with Crippen molar-refractivity contribution in [2.45, 2.75) is 59.7 Å². The van der Waals surface area contributed by atoms with Crippen LogP contribution in [0.2, 0.25) is 0 Å². The largest absolute Gasteiger partial charge is 0.496 e. The first-order valence-electron chi connectivity index (χ1n) is 7.57. The SMILES string of the molecule is Cc1cc(B2OC(C)(C)C(C)(C)O2)cnc1OCC(C)C. The van der Waals surface area contributed by atoms with Gasteiger partial charge < -0.3 is 14.0 Å². The Labute approximate surface area is 128 Å². The van der Waals surface area contributed by atoms with Gasteiger partial charge in [0.05, 0.1) is 17.8 Å². The minimum absolute atomic E-state index is 0.335. The van der Waals surface area contributed by atoms with Crippen LogP contribution in [0, 0.1) is 12.8 Å². The quantitative estimate of drug-likeness (QED) is 0.800. The van der Waals surface area contributed by atoms with Crippen molar-refractivity contribution in [3.63, 3.8) is 0 Å². The zero-order chi connectivity index (χ0) is 15.8. The predicted octanol–water partition coefficient (Wildman–Crippen LogP) is 2.72. The summed E-state index contributed by atoms with van der Waals surface area (Å²) in [5.41, 5.74) is 1.27. The average Bonchev–Trinajstić information content (AvgIpc) is 2.56. The molecule has 1 aliphatic heterocycles. The van der Waals surface area contributed by atoms with Crippen LogP contribution in [-0.2, 0) is 9.31 Å². The van der Waals surface area contributed by atoms with Gasteiger partial charge in [0, 0.05) is 17.2 Å². The Bertz CT molecular complexity index is 498. The first-order valence-corrected chi connectivity index (χ1v) is 7.57. The monoisotopic (exact) mass is 291 g/mol. The lowest BCUT2D eigenvalue weighted by Crippen LogP contribution is -2.41. The van der Waals surface area contributed by atoms with Crippen LogP contribution >= 0.6 is 0 Å². The highest BCUT2D eigenvalue weighted by Crippen LogP contribution is 2.36. The summed E-state index contributed by atoms with van der Waals surface area (Å²) in [6, 6.07) is 2.03. The number of hydrogen-bond acceptors (Lipinski definition) is 4. The molecule has 4 nitrogen and oxygen atoms in total. The van der Waals surface area contributed by atoms with Crippen LogP contribution in [0.25, 0.3) is 0 Å². The molecule has 0 amide bonds. The lowest BCUT2D eigenvalue weighted by molar-refractivity contribution is 0.00578. The predicted molar refractivity (Wildman–Crippen MR) is 85.0 cm³/mol. The third kappa shape index (κ3) is 3.41. The molecule has 1 aliphatic rings. The zero-order valence-electron chi connectivity index (χ0n) is 14.2. The first kappa shape index (κ1) is 16.3. The molecule has 0 radical (unpaired) electrons. The highest BCUT2D eigenvalue weighted by molar-refractivity contribution is 6.62. The van der Waals surface area contributed by atoms with Crippen molar-refractivity contribution < 1.29 is 14.0 Å². The molecule has 5 heteroatoms. The Morgan fingerprint density at radius 1 is 1.19 bits per heavy atom. The molecular weight excluding hydrogens is 265 g/mol. The molecule has 0 N–H and O–H groups in total. The van der Waals surface area contributed by atoms with Gasteiger partial charge in [-0.3, -0.25) is 0 Å². The van der Waals surface area contributed by atoms with Crippen LogP contribution in [0.3, 0.4) is 0 Å². The van der Waals surface area contributed by atoms with Crippen molar-refractivity contribution in [2.24, 2.45) is 5.92 Å². The fourth-order valence-corrected chi connectivity index (χ4v) is 2.09. The van der Waals surface area contributed by atoms with E-state index in [1.165, 1.54) is 0 Å². The van der Waals surface area contributed by atoms with Crippen LogP contribution in [0.15, 0.2) is 12.3 Å². The molecule has 1 aromatic rings. The van der Waals surface area contributed by atoms with Gasteiger partial charge in [0.2, 0.25) is 5.88 Å². The van der Waals surface area contributed by atoms with Crippen LogP contribution in [-0.4, -0.2) is 29.9 Å². The number of rotatable bonds is 4. The maximum Gasteiger partial charge on any atom is 0.496 e. The van der Waals surface area contributed by atoms with Crippen molar-refractivity contribution in [1.29, 1.82) is 0 Å². The molecule has 2 heterocycles. The zero-order valence-corrected chi connectivity index (χ0v) is 14.2. The van der Waals surface area contributed by atoms with Crippen molar-refractivity contribution in [2.75, 3.05) is 6.61 Å². The molecule has 116 valence electrons. The number of aromatic nitrogens is 1. The van der Waals surface area contributed by atoms with Crippen LogP contribution in [0.4, 0.5) is 0 Å². The lowest BCUT2D eigenvalue weighted by Gasteiger charge is -2.32. The topological polar surface area (TPSA) is 40.6 Å². The van der Waals surface area contributed by atoms with Crippen molar-refractivity contribution >= 4 is 12.6 Å². The molecule has 0 aromatic carbocycles. The number of aryl methyl sites for hydroxylation is 1. The van der Waals surface area contributed by atoms with E-state index in [0.717, 1.165) is 11.0 Å². The fourth-order valence-electron chi connectivity index (χ4n) is 2.09. The minimum atomic E-state index is -0.375. The van der Waals surface area contributed by atoms with E-state index < -0.39 is 0 Å². The maximum atomic E-state index is 6.04. The van der Waals surface area contributed by atoms with Crippen molar-refractivity contribution in [3.8, 4) is 5.88 Å². The minimum Gasteiger partial charge on any atom is -0.477 e. The molecule has 1 aromatic heterocycles. The molecule has 0 atom stereocenters. The molecule has 0 spiro atoms. The average molecular weight is 291 g/mol. The third-order valence-electron chi connectivity index (χ3n) is 4.13. The highest BCUT2D eigenvalue weighted by atomic mass is 16.7. The second-order valence-electron chi connectivity index (χ2n) is 7.18.